The minimum Gasteiger partial charge on any atom is -0.468 e. The number of hydrogen-bond acceptors (Lipinski definition) is 4. The fourth-order valence-corrected chi connectivity index (χ4v) is 4.30. The Balaban J connectivity index is 1.36. The number of carbonyl (C=O) groups is 1. The molecule has 3 aromatic rings. The smallest absolute Gasteiger partial charge is 0.257 e. The van der Waals surface area contributed by atoms with Crippen molar-refractivity contribution in [1.82, 2.24) is 10.2 Å². The Hall–Kier alpha value is -2.60. The van der Waals surface area contributed by atoms with E-state index in [1.165, 1.54) is 19.3 Å². The summed E-state index contributed by atoms with van der Waals surface area (Å²) in [6.07, 6.45) is 5.54. The van der Waals surface area contributed by atoms with Crippen molar-refractivity contribution in [3.05, 3.63) is 88.8 Å². The molecule has 162 valence electrons. The van der Waals surface area contributed by atoms with Crippen LogP contribution < -0.4 is 10.6 Å². The molecule has 1 amide bonds. The normalized spacial score (nSPS) is 15.5. The summed E-state index contributed by atoms with van der Waals surface area (Å²) >= 11 is 6.14. The molecule has 0 bridgehead atoms. The summed E-state index contributed by atoms with van der Waals surface area (Å²) in [5, 5.41) is 6.96. The molecule has 1 unspecified atom stereocenters. The van der Waals surface area contributed by atoms with Crippen molar-refractivity contribution in [3.8, 4) is 0 Å². The summed E-state index contributed by atoms with van der Waals surface area (Å²) in [4.78, 5) is 15.0. The Labute approximate surface area is 188 Å². The molecule has 1 aliphatic rings. The van der Waals surface area contributed by atoms with Crippen LogP contribution in [-0.4, -0.2) is 30.4 Å². The van der Waals surface area contributed by atoms with Gasteiger partial charge in [-0.3, -0.25) is 9.69 Å². The molecule has 1 saturated heterocycles. The van der Waals surface area contributed by atoms with E-state index in [1.54, 1.807) is 24.5 Å². The Morgan fingerprint density at radius 3 is 2.65 bits per heavy atom. The fourth-order valence-electron chi connectivity index (χ4n) is 4.08. The zero-order chi connectivity index (χ0) is 21.5. The lowest BCUT2D eigenvalue weighted by Gasteiger charge is -2.33. The number of benzene rings is 2. The van der Waals surface area contributed by atoms with Gasteiger partial charge >= 0.3 is 0 Å². The highest BCUT2D eigenvalue weighted by atomic mass is 35.5. The second kappa shape index (κ2) is 10.6. The van der Waals surface area contributed by atoms with Gasteiger partial charge in [0.15, 0.2) is 0 Å². The predicted molar refractivity (Wildman–Crippen MR) is 124 cm³/mol. The first-order valence-corrected chi connectivity index (χ1v) is 11.2. The van der Waals surface area contributed by atoms with E-state index < -0.39 is 0 Å². The number of furan rings is 1. The highest BCUT2D eigenvalue weighted by Crippen LogP contribution is 2.25. The van der Waals surface area contributed by atoms with Gasteiger partial charge < -0.3 is 15.1 Å². The van der Waals surface area contributed by atoms with Gasteiger partial charge in [-0.25, -0.2) is 0 Å². The molecule has 0 saturated carbocycles. The first-order chi connectivity index (χ1) is 15.2. The Bertz CT molecular complexity index is 984. The predicted octanol–water partition coefficient (Wildman–Crippen LogP) is 5.50. The minimum atomic E-state index is -0.210. The van der Waals surface area contributed by atoms with Crippen molar-refractivity contribution < 1.29 is 9.21 Å². The van der Waals surface area contributed by atoms with Crippen LogP contribution in [0.15, 0.2) is 71.3 Å². The van der Waals surface area contributed by atoms with Crippen LogP contribution in [0.1, 0.15) is 47.0 Å². The van der Waals surface area contributed by atoms with Crippen molar-refractivity contribution in [2.75, 3.05) is 25.0 Å². The Morgan fingerprint density at radius 1 is 1.03 bits per heavy atom. The third kappa shape index (κ3) is 5.76. The van der Waals surface area contributed by atoms with Gasteiger partial charge in [0, 0.05) is 18.8 Å². The molecule has 0 aliphatic carbocycles. The molecule has 2 N–H and O–H groups in total. The number of carbonyl (C=O) groups excluding carboxylic acids is 1. The minimum absolute atomic E-state index is 0.210. The van der Waals surface area contributed by atoms with Gasteiger partial charge in [0.2, 0.25) is 0 Å². The van der Waals surface area contributed by atoms with Gasteiger partial charge in [-0.05, 0) is 67.9 Å². The van der Waals surface area contributed by atoms with Gasteiger partial charge in [0.25, 0.3) is 5.91 Å². The van der Waals surface area contributed by atoms with Crippen molar-refractivity contribution in [2.45, 2.75) is 31.8 Å². The van der Waals surface area contributed by atoms with Gasteiger partial charge in [-0.15, -0.1) is 0 Å². The van der Waals surface area contributed by atoms with Crippen molar-refractivity contribution in [1.29, 1.82) is 0 Å². The number of rotatable bonds is 8. The molecule has 1 aliphatic heterocycles. The van der Waals surface area contributed by atoms with E-state index in [0.29, 0.717) is 17.1 Å². The van der Waals surface area contributed by atoms with E-state index in [4.69, 9.17) is 16.0 Å². The first-order valence-electron chi connectivity index (χ1n) is 10.8. The van der Waals surface area contributed by atoms with Crippen molar-refractivity contribution in [3.63, 3.8) is 0 Å². The molecule has 1 atom stereocenters. The molecule has 0 radical (unpaired) electrons. The van der Waals surface area contributed by atoms with Crippen LogP contribution in [0.3, 0.4) is 0 Å². The summed E-state index contributed by atoms with van der Waals surface area (Å²) < 4.78 is 5.73. The molecule has 5 nitrogen and oxygen atoms in total. The van der Waals surface area contributed by atoms with Gasteiger partial charge in [0.1, 0.15) is 5.76 Å². The number of likely N-dealkylation sites (tertiary alicyclic amines) is 1. The maximum Gasteiger partial charge on any atom is 0.257 e. The largest absolute Gasteiger partial charge is 0.468 e. The summed E-state index contributed by atoms with van der Waals surface area (Å²) in [5.74, 6) is 0.800. The van der Waals surface area contributed by atoms with Gasteiger partial charge in [-0.1, -0.05) is 42.3 Å². The van der Waals surface area contributed by atoms with Gasteiger partial charge in [0.05, 0.1) is 22.9 Å². The summed E-state index contributed by atoms with van der Waals surface area (Å²) in [6.45, 7) is 3.73. The van der Waals surface area contributed by atoms with Crippen LogP contribution >= 0.6 is 11.6 Å². The summed E-state index contributed by atoms with van der Waals surface area (Å²) in [6, 6.07) is 19.2. The topological polar surface area (TPSA) is 57.5 Å². The number of hydrogen-bond donors (Lipinski definition) is 2. The maximum atomic E-state index is 12.5. The van der Waals surface area contributed by atoms with Crippen LogP contribution in [0.4, 0.5) is 5.69 Å². The summed E-state index contributed by atoms with van der Waals surface area (Å²) in [5.41, 5.74) is 2.33. The first kappa shape index (κ1) is 21.6. The van der Waals surface area contributed by atoms with Crippen LogP contribution in [0.25, 0.3) is 0 Å². The molecule has 1 aromatic heterocycles. The van der Waals surface area contributed by atoms with E-state index in [9.17, 15) is 4.79 Å². The molecule has 31 heavy (non-hydrogen) atoms. The van der Waals surface area contributed by atoms with Crippen LogP contribution in [0.5, 0.6) is 0 Å². The third-order valence-electron chi connectivity index (χ3n) is 5.67. The number of piperidine rings is 1. The molecule has 6 heteroatoms. The molecule has 2 aromatic carbocycles. The van der Waals surface area contributed by atoms with E-state index in [1.807, 2.05) is 30.3 Å². The molecule has 2 heterocycles. The Kier molecular flexibility index (Phi) is 7.41. The lowest BCUT2D eigenvalue weighted by molar-refractivity contribution is 0.102. The van der Waals surface area contributed by atoms with E-state index in [2.05, 4.69) is 27.7 Å². The standard InChI is InChI=1S/C25H28ClN3O2/c26-22-11-3-2-10-21(22)25(30)28-20-9-6-8-19(16-20)17-27-18-23(24-12-7-15-31-24)29-13-4-1-5-14-29/h2-3,6-12,15-16,23,27H,1,4-5,13-14,17-18H2,(H,28,30). The number of amides is 1. The molecular formula is C25H28ClN3O2. The van der Waals surface area contributed by atoms with E-state index >= 15 is 0 Å². The number of nitrogens with zero attached hydrogens (tertiary/aromatic N) is 1. The molecular weight excluding hydrogens is 410 g/mol. The number of nitrogens with one attached hydrogen (secondary N) is 2. The highest BCUT2D eigenvalue weighted by molar-refractivity contribution is 6.34. The lowest BCUT2D eigenvalue weighted by Crippen LogP contribution is -2.38. The SMILES string of the molecule is O=C(Nc1cccc(CNCC(c2ccco2)N2CCCCC2)c1)c1ccccc1Cl. The summed E-state index contributed by atoms with van der Waals surface area (Å²) in [7, 11) is 0. The second-order valence-electron chi connectivity index (χ2n) is 7.89. The zero-order valence-electron chi connectivity index (χ0n) is 17.5. The van der Waals surface area contributed by atoms with Crippen molar-refractivity contribution in [2.24, 2.45) is 0 Å². The van der Waals surface area contributed by atoms with Gasteiger partial charge in [-0.2, -0.15) is 0 Å². The number of halogens is 1. The van der Waals surface area contributed by atoms with E-state index in [0.717, 1.165) is 36.6 Å². The highest BCUT2D eigenvalue weighted by Gasteiger charge is 2.24. The second-order valence-corrected chi connectivity index (χ2v) is 8.30. The fraction of sp³-hybridized carbons (Fsp3) is 0.320. The van der Waals surface area contributed by atoms with E-state index in [-0.39, 0.29) is 11.9 Å². The average Bonchev–Trinajstić information content (AvgIpc) is 3.32. The monoisotopic (exact) mass is 437 g/mol. The van der Waals surface area contributed by atoms with Crippen molar-refractivity contribution >= 4 is 23.2 Å². The third-order valence-corrected chi connectivity index (χ3v) is 6.00. The maximum absolute atomic E-state index is 12.5. The molecule has 1 fully saturated rings. The quantitative estimate of drug-likeness (QED) is 0.488. The lowest BCUT2D eigenvalue weighted by atomic mass is 10.1. The van der Waals surface area contributed by atoms with Crippen LogP contribution in [0, 0.1) is 0 Å². The van der Waals surface area contributed by atoms with Crippen LogP contribution in [-0.2, 0) is 6.54 Å². The van der Waals surface area contributed by atoms with Crippen LogP contribution in [0.2, 0.25) is 5.02 Å². The number of anilines is 1. The molecule has 0 spiro atoms. The molecule has 4 rings (SSSR count). The Morgan fingerprint density at radius 2 is 1.87 bits per heavy atom. The zero-order valence-corrected chi connectivity index (χ0v) is 18.3. The average molecular weight is 438 g/mol.